The molecule has 0 N–H and O–H groups in total. The number of nitro benzene ring substituents is 1. The van der Waals surface area contributed by atoms with E-state index in [-0.39, 0.29) is 17.2 Å². The first-order valence-corrected chi connectivity index (χ1v) is 4.13. The van der Waals surface area contributed by atoms with Crippen molar-refractivity contribution in [2.75, 3.05) is 0 Å². The van der Waals surface area contributed by atoms with E-state index >= 15 is 0 Å². The van der Waals surface area contributed by atoms with Gasteiger partial charge in [0.15, 0.2) is 0 Å². The SMILES string of the molecule is O=[N+]([O-])c1cccc(F)c1C1CC1. The Kier molecular flexibility index (Phi) is 1.76. The second kappa shape index (κ2) is 2.80. The fourth-order valence-electron chi connectivity index (χ4n) is 1.46. The summed E-state index contributed by atoms with van der Waals surface area (Å²) >= 11 is 0. The number of halogens is 1. The minimum atomic E-state index is -0.517. The van der Waals surface area contributed by atoms with Gasteiger partial charge in [-0.1, -0.05) is 6.07 Å². The van der Waals surface area contributed by atoms with E-state index in [4.69, 9.17) is 0 Å². The van der Waals surface area contributed by atoms with Crippen molar-refractivity contribution in [3.05, 3.63) is 39.7 Å². The third kappa shape index (κ3) is 1.39. The minimum Gasteiger partial charge on any atom is -0.258 e. The molecule has 0 radical (unpaired) electrons. The molecule has 0 aromatic heterocycles. The lowest BCUT2D eigenvalue weighted by atomic mass is 10.1. The lowest BCUT2D eigenvalue weighted by Crippen LogP contribution is -1.96. The smallest absolute Gasteiger partial charge is 0.258 e. The number of hydrogen-bond acceptors (Lipinski definition) is 2. The van der Waals surface area contributed by atoms with E-state index in [0.29, 0.717) is 0 Å². The molecule has 2 rings (SSSR count). The monoisotopic (exact) mass is 181 g/mol. The first-order valence-electron chi connectivity index (χ1n) is 4.13. The molecule has 1 saturated carbocycles. The van der Waals surface area contributed by atoms with Gasteiger partial charge in [0.25, 0.3) is 5.69 Å². The molecule has 0 atom stereocenters. The summed E-state index contributed by atoms with van der Waals surface area (Å²) < 4.78 is 13.2. The molecule has 0 bridgehead atoms. The van der Waals surface area contributed by atoms with Gasteiger partial charge in [-0.05, 0) is 24.8 Å². The number of nitro groups is 1. The van der Waals surface area contributed by atoms with Gasteiger partial charge in [-0.15, -0.1) is 0 Å². The zero-order chi connectivity index (χ0) is 9.42. The number of hydrogen-bond donors (Lipinski definition) is 0. The third-order valence-corrected chi connectivity index (χ3v) is 2.21. The van der Waals surface area contributed by atoms with Crippen LogP contribution in [-0.2, 0) is 0 Å². The van der Waals surface area contributed by atoms with Gasteiger partial charge in [-0.3, -0.25) is 10.1 Å². The summed E-state index contributed by atoms with van der Waals surface area (Å²) in [5.41, 5.74) is 0.204. The zero-order valence-corrected chi connectivity index (χ0v) is 6.87. The summed E-state index contributed by atoms with van der Waals surface area (Å²) in [5.74, 6) is -0.377. The summed E-state index contributed by atoms with van der Waals surface area (Å²) in [7, 11) is 0. The van der Waals surface area contributed by atoms with Crippen LogP contribution in [0, 0.1) is 15.9 Å². The summed E-state index contributed by atoms with van der Waals surface area (Å²) in [5, 5.41) is 10.5. The van der Waals surface area contributed by atoms with Gasteiger partial charge in [-0.2, -0.15) is 0 Å². The van der Waals surface area contributed by atoms with Crippen molar-refractivity contribution in [1.82, 2.24) is 0 Å². The van der Waals surface area contributed by atoms with Crippen molar-refractivity contribution in [2.45, 2.75) is 18.8 Å². The molecule has 4 heteroatoms. The van der Waals surface area contributed by atoms with E-state index < -0.39 is 10.7 Å². The minimum absolute atomic E-state index is 0.0709. The van der Waals surface area contributed by atoms with Crippen LogP contribution in [0.3, 0.4) is 0 Å². The summed E-state index contributed by atoms with van der Waals surface area (Å²) in [4.78, 5) is 10.0. The average Bonchev–Trinajstić information content (AvgIpc) is 2.86. The fourth-order valence-corrected chi connectivity index (χ4v) is 1.46. The van der Waals surface area contributed by atoms with Gasteiger partial charge in [-0.25, -0.2) is 4.39 Å². The molecule has 0 saturated heterocycles. The second-order valence-electron chi connectivity index (χ2n) is 3.20. The van der Waals surface area contributed by atoms with Gasteiger partial charge < -0.3 is 0 Å². The Hall–Kier alpha value is -1.45. The maximum absolute atomic E-state index is 13.2. The Morgan fingerprint density at radius 2 is 2.15 bits per heavy atom. The summed E-state index contributed by atoms with van der Waals surface area (Å²) in [6.45, 7) is 0. The number of benzene rings is 1. The zero-order valence-electron chi connectivity index (χ0n) is 6.87. The van der Waals surface area contributed by atoms with E-state index in [1.54, 1.807) is 0 Å². The van der Waals surface area contributed by atoms with Gasteiger partial charge >= 0.3 is 0 Å². The predicted octanol–water partition coefficient (Wildman–Crippen LogP) is 2.61. The maximum Gasteiger partial charge on any atom is 0.275 e. The van der Waals surface area contributed by atoms with Gasteiger partial charge in [0.2, 0.25) is 0 Å². The number of nitrogens with zero attached hydrogens (tertiary/aromatic N) is 1. The van der Waals surface area contributed by atoms with Crippen molar-refractivity contribution < 1.29 is 9.31 Å². The Morgan fingerprint density at radius 3 is 2.69 bits per heavy atom. The van der Waals surface area contributed by atoms with Crippen molar-refractivity contribution in [2.24, 2.45) is 0 Å². The predicted molar refractivity (Wildman–Crippen MR) is 45.0 cm³/mol. The van der Waals surface area contributed by atoms with Crippen LogP contribution in [0.5, 0.6) is 0 Å². The van der Waals surface area contributed by atoms with Crippen LogP contribution < -0.4 is 0 Å². The Labute approximate surface area is 74.3 Å². The molecule has 13 heavy (non-hydrogen) atoms. The van der Waals surface area contributed by atoms with E-state index in [0.717, 1.165) is 12.8 Å². The Bertz CT molecular complexity index is 361. The molecule has 0 aliphatic heterocycles. The molecular weight excluding hydrogens is 173 g/mol. The van der Waals surface area contributed by atoms with Crippen LogP contribution in [0.2, 0.25) is 0 Å². The van der Waals surface area contributed by atoms with Crippen LogP contribution in [-0.4, -0.2) is 4.92 Å². The highest BCUT2D eigenvalue weighted by atomic mass is 19.1. The van der Waals surface area contributed by atoms with E-state index in [2.05, 4.69) is 0 Å². The molecule has 1 aliphatic rings. The van der Waals surface area contributed by atoms with Crippen molar-refractivity contribution in [3.63, 3.8) is 0 Å². The molecule has 3 nitrogen and oxygen atoms in total. The molecule has 1 fully saturated rings. The van der Waals surface area contributed by atoms with Crippen molar-refractivity contribution in [1.29, 1.82) is 0 Å². The second-order valence-corrected chi connectivity index (χ2v) is 3.20. The van der Waals surface area contributed by atoms with Crippen molar-refractivity contribution >= 4 is 5.69 Å². The standard InChI is InChI=1S/C9H8FNO2/c10-7-2-1-3-8(11(12)13)9(7)6-4-5-6/h1-3,6H,4-5H2. The largest absolute Gasteiger partial charge is 0.275 e. The highest BCUT2D eigenvalue weighted by molar-refractivity contribution is 5.45. The molecule has 1 aromatic rings. The molecule has 0 amide bonds. The van der Waals surface area contributed by atoms with Gasteiger partial charge in [0.1, 0.15) is 5.82 Å². The lowest BCUT2D eigenvalue weighted by Gasteiger charge is -2.00. The molecule has 1 aromatic carbocycles. The first kappa shape index (κ1) is 8.16. The lowest BCUT2D eigenvalue weighted by molar-refractivity contribution is -0.385. The highest BCUT2D eigenvalue weighted by Crippen LogP contribution is 2.45. The third-order valence-electron chi connectivity index (χ3n) is 2.21. The highest BCUT2D eigenvalue weighted by Gasteiger charge is 2.33. The number of rotatable bonds is 2. The Morgan fingerprint density at radius 1 is 1.46 bits per heavy atom. The van der Waals surface area contributed by atoms with Crippen LogP contribution in [0.1, 0.15) is 24.3 Å². The maximum atomic E-state index is 13.2. The van der Waals surface area contributed by atoms with Crippen LogP contribution >= 0.6 is 0 Å². The van der Waals surface area contributed by atoms with Gasteiger partial charge in [0, 0.05) is 6.07 Å². The molecule has 1 aliphatic carbocycles. The Balaban J connectivity index is 2.53. The molecule has 0 heterocycles. The van der Waals surface area contributed by atoms with Crippen molar-refractivity contribution in [3.8, 4) is 0 Å². The van der Waals surface area contributed by atoms with Crippen LogP contribution in [0.15, 0.2) is 18.2 Å². The van der Waals surface area contributed by atoms with E-state index in [1.165, 1.54) is 18.2 Å². The van der Waals surface area contributed by atoms with Gasteiger partial charge in [0.05, 0.1) is 10.5 Å². The normalized spacial score (nSPS) is 15.8. The van der Waals surface area contributed by atoms with Crippen LogP contribution in [0.4, 0.5) is 10.1 Å². The fraction of sp³-hybridized carbons (Fsp3) is 0.333. The first-order chi connectivity index (χ1) is 6.20. The molecular formula is C9H8FNO2. The van der Waals surface area contributed by atoms with E-state index in [9.17, 15) is 14.5 Å². The summed E-state index contributed by atoms with van der Waals surface area (Å²) in [6.07, 6.45) is 1.73. The van der Waals surface area contributed by atoms with Crippen LogP contribution in [0.25, 0.3) is 0 Å². The molecule has 68 valence electrons. The molecule has 0 unspecified atom stereocenters. The molecule has 0 spiro atoms. The topological polar surface area (TPSA) is 43.1 Å². The average molecular weight is 181 g/mol. The quantitative estimate of drug-likeness (QED) is 0.519. The summed E-state index contributed by atoms with van der Waals surface area (Å²) in [6, 6.07) is 4.01. The van der Waals surface area contributed by atoms with E-state index in [1.807, 2.05) is 0 Å².